The summed E-state index contributed by atoms with van der Waals surface area (Å²) in [6, 6.07) is 5.82. The lowest BCUT2D eigenvalue weighted by atomic mass is 9.90. The molecule has 0 aromatic heterocycles. The molecule has 0 fully saturated rings. The summed E-state index contributed by atoms with van der Waals surface area (Å²) in [5, 5.41) is 22.3. The molecule has 1 aromatic carbocycles. The SMILES string of the molecule is CCC(C)(O)COc1ccc2c(c1)/C(=N\O)CCC2. The van der Waals surface area contributed by atoms with Crippen molar-refractivity contribution in [1.29, 1.82) is 0 Å². The highest BCUT2D eigenvalue weighted by molar-refractivity contribution is 6.02. The van der Waals surface area contributed by atoms with Gasteiger partial charge in [-0.2, -0.15) is 0 Å². The summed E-state index contributed by atoms with van der Waals surface area (Å²) in [7, 11) is 0. The monoisotopic (exact) mass is 263 g/mol. The van der Waals surface area contributed by atoms with Gasteiger partial charge in [0, 0.05) is 5.56 Å². The predicted octanol–water partition coefficient (Wildman–Crippen LogP) is 2.74. The molecular weight excluding hydrogens is 242 g/mol. The molecule has 0 bridgehead atoms. The number of oxime groups is 1. The third-order valence-corrected chi connectivity index (χ3v) is 3.68. The van der Waals surface area contributed by atoms with Crippen LogP contribution >= 0.6 is 0 Å². The zero-order chi connectivity index (χ0) is 13.9. The standard InChI is InChI=1S/C15H21NO3/c1-3-15(2,17)10-19-12-8-7-11-5-4-6-14(16-18)13(11)9-12/h7-9,17-18H,3-6,10H2,1-2H3/b16-14-. The van der Waals surface area contributed by atoms with Gasteiger partial charge in [-0.25, -0.2) is 0 Å². The molecule has 104 valence electrons. The number of aliphatic hydroxyl groups is 1. The van der Waals surface area contributed by atoms with Gasteiger partial charge in [-0.1, -0.05) is 18.1 Å². The summed E-state index contributed by atoms with van der Waals surface area (Å²) in [5.74, 6) is 0.704. The molecule has 0 saturated carbocycles. The highest BCUT2D eigenvalue weighted by Crippen LogP contribution is 2.26. The summed E-state index contributed by atoms with van der Waals surface area (Å²) >= 11 is 0. The van der Waals surface area contributed by atoms with Crippen LogP contribution in [0.25, 0.3) is 0 Å². The van der Waals surface area contributed by atoms with E-state index in [1.54, 1.807) is 6.92 Å². The van der Waals surface area contributed by atoms with E-state index in [0.717, 1.165) is 24.8 Å². The van der Waals surface area contributed by atoms with Gasteiger partial charge >= 0.3 is 0 Å². The van der Waals surface area contributed by atoms with Gasteiger partial charge in [-0.15, -0.1) is 0 Å². The minimum atomic E-state index is -0.816. The van der Waals surface area contributed by atoms with E-state index in [1.807, 2.05) is 25.1 Å². The van der Waals surface area contributed by atoms with E-state index in [2.05, 4.69) is 5.16 Å². The van der Waals surface area contributed by atoms with E-state index in [1.165, 1.54) is 5.56 Å². The topological polar surface area (TPSA) is 62.0 Å². The van der Waals surface area contributed by atoms with Gasteiger partial charge in [0.15, 0.2) is 0 Å². The first-order valence-electron chi connectivity index (χ1n) is 6.75. The normalized spacial score (nSPS) is 19.8. The van der Waals surface area contributed by atoms with E-state index in [9.17, 15) is 5.11 Å². The van der Waals surface area contributed by atoms with Crippen LogP contribution in [0.3, 0.4) is 0 Å². The smallest absolute Gasteiger partial charge is 0.120 e. The zero-order valence-corrected chi connectivity index (χ0v) is 11.5. The van der Waals surface area contributed by atoms with Crippen LogP contribution in [0, 0.1) is 0 Å². The lowest BCUT2D eigenvalue weighted by molar-refractivity contribution is 0.00846. The molecule has 0 heterocycles. The zero-order valence-electron chi connectivity index (χ0n) is 11.5. The van der Waals surface area contributed by atoms with Crippen LogP contribution in [-0.2, 0) is 6.42 Å². The molecule has 1 atom stereocenters. The highest BCUT2D eigenvalue weighted by Gasteiger charge is 2.20. The molecule has 4 nitrogen and oxygen atoms in total. The van der Waals surface area contributed by atoms with Gasteiger partial charge in [-0.3, -0.25) is 0 Å². The molecule has 19 heavy (non-hydrogen) atoms. The summed E-state index contributed by atoms with van der Waals surface area (Å²) in [5.41, 5.74) is 2.05. The second-order valence-electron chi connectivity index (χ2n) is 5.36. The van der Waals surface area contributed by atoms with Crippen molar-refractivity contribution < 1.29 is 15.1 Å². The van der Waals surface area contributed by atoms with Gasteiger partial charge in [0.1, 0.15) is 12.4 Å². The Morgan fingerprint density at radius 3 is 2.84 bits per heavy atom. The van der Waals surface area contributed by atoms with E-state index in [-0.39, 0.29) is 6.61 Å². The fourth-order valence-electron chi connectivity index (χ4n) is 2.16. The van der Waals surface area contributed by atoms with E-state index >= 15 is 0 Å². The van der Waals surface area contributed by atoms with Crippen molar-refractivity contribution in [2.24, 2.45) is 5.16 Å². The average Bonchev–Trinajstić information content (AvgIpc) is 2.44. The maximum Gasteiger partial charge on any atom is 0.120 e. The van der Waals surface area contributed by atoms with Crippen molar-refractivity contribution in [3.05, 3.63) is 29.3 Å². The van der Waals surface area contributed by atoms with E-state index in [0.29, 0.717) is 17.9 Å². The van der Waals surface area contributed by atoms with Crippen LogP contribution < -0.4 is 4.74 Å². The van der Waals surface area contributed by atoms with Crippen molar-refractivity contribution in [3.8, 4) is 5.75 Å². The molecule has 2 rings (SSSR count). The van der Waals surface area contributed by atoms with Crippen LogP contribution in [0.4, 0.5) is 0 Å². The molecule has 0 spiro atoms. The molecule has 0 saturated heterocycles. The summed E-state index contributed by atoms with van der Waals surface area (Å²) in [4.78, 5) is 0. The minimum Gasteiger partial charge on any atom is -0.491 e. The lowest BCUT2D eigenvalue weighted by Gasteiger charge is -2.23. The minimum absolute atomic E-state index is 0.258. The maximum atomic E-state index is 9.93. The number of rotatable bonds is 4. The Labute approximate surface area is 113 Å². The molecule has 0 radical (unpaired) electrons. The largest absolute Gasteiger partial charge is 0.491 e. The van der Waals surface area contributed by atoms with Crippen LogP contribution in [-0.4, -0.2) is 28.2 Å². The summed E-state index contributed by atoms with van der Waals surface area (Å²) in [6.45, 7) is 3.94. The van der Waals surface area contributed by atoms with Gasteiger partial charge in [-0.05, 0) is 50.3 Å². The first-order chi connectivity index (χ1) is 9.05. The van der Waals surface area contributed by atoms with Crippen LogP contribution in [0.15, 0.2) is 23.4 Å². The van der Waals surface area contributed by atoms with Gasteiger partial charge < -0.3 is 15.1 Å². The molecule has 0 aliphatic heterocycles. The Kier molecular flexibility index (Phi) is 4.10. The molecule has 1 aliphatic carbocycles. The Hall–Kier alpha value is -1.55. The Morgan fingerprint density at radius 1 is 1.37 bits per heavy atom. The second-order valence-corrected chi connectivity index (χ2v) is 5.36. The maximum absolute atomic E-state index is 9.93. The fourth-order valence-corrected chi connectivity index (χ4v) is 2.16. The van der Waals surface area contributed by atoms with E-state index in [4.69, 9.17) is 9.94 Å². The van der Waals surface area contributed by atoms with Crippen molar-refractivity contribution >= 4 is 5.71 Å². The number of hydrogen-bond acceptors (Lipinski definition) is 4. The number of nitrogens with zero attached hydrogens (tertiary/aromatic N) is 1. The molecule has 2 N–H and O–H groups in total. The number of aryl methyl sites for hydroxylation is 1. The number of fused-ring (bicyclic) bond motifs is 1. The van der Waals surface area contributed by atoms with Crippen LogP contribution in [0.2, 0.25) is 0 Å². The summed E-state index contributed by atoms with van der Waals surface area (Å²) in [6.07, 6.45) is 3.44. The molecule has 0 amide bonds. The number of hydrogen-bond donors (Lipinski definition) is 2. The predicted molar refractivity (Wildman–Crippen MR) is 74.1 cm³/mol. The third kappa shape index (κ3) is 3.26. The van der Waals surface area contributed by atoms with Crippen LogP contribution in [0.1, 0.15) is 44.2 Å². The van der Waals surface area contributed by atoms with Crippen molar-refractivity contribution in [3.63, 3.8) is 0 Å². The Balaban J connectivity index is 2.16. The first-order valence-corrected chi connectivity index (χ1v) is 6.75. The highest BCUT2D eigenvalue weighted by atomic mass is 16.5. The van der Waals surface area contributed by atoms with E-state index < -0.39 is 5.60 Å². The first kappa shape index (κ1) is 13.9. The van der Waals surface area contributed by atoms with Crippen molar-refractivity contribution in [2.75, 3.05) is 6.61 Å². The quantitative estimate of drug-likeness (QED) is 0.648. The lowest BCUT2D eigenvalue weighted by Crippen LogP contribution is -2.31. The molecular formula is C15H21NO3. The summed E-state index contributed by atoms with van der Waals surface area (Å²) < 4.78 is 5.63. The average molecular weight is 263 g/mol. The number of benzene rings is 1. The molecule has 4 heteroatoms. The Morgan fingerprint density at radius 2 is 2.16 bits per heavy atom. The number of ether oxygens (including phenoxy) is 1. The second kappa shape index (κ2) is 5.61. The van der Waals surface area contributed by atoms with Crippen LogP contribution in [0.5, 0.6) is 5.75 Å². The van der Waals surface area contributed by atoms with Gasteiger partial charge in [0.2, 0.25) is 0 Å². The van der Waals surface area contributed by atoms with Crippen molar-refractivity contribution in [2.45, 2.75) is 45.1 Å². The van der Waals surface area contributed by atoms with Gasteiger partial charge in [0.25, 0.3) is 0 Å². The Bertz CT molecular complexity index is 480. The molecule has 1 aliphatic rings. The molecule has 1 unspecified atom stereocenters. The van der Waals surface area contributed by atoms with Gasteiger partial charge in [0.05, 0.1) is 11.3 Å². The van der Waals surface area contributed by atoms with Crippen molar-refractivity contribution in [1.82, 2.24) is 0 Å². The molecule has 1 aromatic rings. The fraction of sp³-hybridized carbons (Fsp3) is 0.533. The third-order valence-electron chi connectivity index (χ3n) is 3.68.